The van der Waals surface area contributed by atoms with Crippen molar-refractivity contribution in [3.63, 3.8) is 0 Å². The first-order valence-corrected chi connectivity index (χ1v) is 13.6. The van der Waals surface area contributed by atoms with Crippen molar-refractivity contribution in [2.75, 3.05) is 32.2 Å². The molecule has 39 heavy (non-hydrogen) atoms. The minimum absolute atomic E-state index is 0.0687. The van der Waals surface area contributed by atoms with Crippen LogP contribution < -0.4 is 4.74 Å². The maximum absolute atomic E-state index is 12.8. The van der Waals surface area contributed by atoms with Gasteiger partial charge in [-0.05, 0) is 55.2 Å². The second kappa shape index (κ2) is 11.5. The van der Waals surface area contributed by atoms with Crippen LogP contribution in [0.3, 0.4) is 0 Å². The van der Waals surface area contributed by atoms with Crippen LogP contribution in [0.25, 0.3) is 33.6 Å². The number of amides is 1. The van der Waals surface area contributed by atoms with E-state index in [-0.39, 0.29) is 25.0 Å². The first kappa shape index (κ1) is 26.7. The summed E-state index contributed by atoms with van der Waals surface area (Å²) in [5.41, 5.74) is 4.17. The minimum atomic E-state index is -0.603. The number of nitriles is 1. The first-order chi connectivity index (χ1) is 18.9. The Hall–Kier alpha value is -3.86. The number of hydrogen-bond acceptors (Lipinski definition) is 6. The summed E-state index contributed by atoms with van der Waals surface area (Å²) in [6, 6.07) is 18.8. The number of alkyl halides is 1. The Bertz CT molecular complexity index is 1510. The van der Waals surface area contributed by atoms with Gasteiger partial charge in [0.25, 0.3) is 5.91 Å². The summed E-state index contributed by atoms with van der Waals surface area (Å²) in [4.78, 5) is 19.2. The quantitative estimate of drug-likeness (QED) is 0.263. The van der Waals surface area contributed by atoms with E-state index in [0.29, 0.717) is 33.7 Å². The number of pyridine rings is 1. The highest BCUT2D eigenvalue weighted by atomic mass is 35.5. The number of furan rings is 1. The molecule has 1 aliphatic heterocycles. The maximum atomic E-state index is 12.8. The minimum Gasteiger partial charge on any atom is -0.491 e. The van der Waals surface area contributed by atoms with Crippen LogP contribution in [-0.4, -0.2) is 53.1 Å². The second-order valence-corrected chi connectivity index (χ2v) is 10.6. The number of carbonyl (C=O) groups excluding carboxylic acids is 1. The largest absolute Gasteiger partial charge is 0.491 e. The van der Waals surface area contributed by atoms with Crippen LogP contribution in [0.2, 0.25) is 0 Å². The molecule has 0 bridgehead atoms. The number of hydrogen-bond donors (Lipinski definition) is 1. The number of aromatic nitrogens is 1. The van der Waals surface area contributed by atoms with Crippen molar-refractivity contribution in [2.24, 2.45) is 5.41 Å². The normalized spacial score (nSPS) is 15.1. The van der Waals surface area contributed by atoms with Gasteiger partial charge in [-0.25, -0.2) is 0 Å². The van der Waals surface area contributed by atoms with E-state index in [1.807, 2.05) is 54.3 Å². The molecule has 7 nitrogen and oxygen atoms in total. The Balaban J connectivity index is 1.40. The number of carbonyl (C=O) groups is 1. The van der Waals surface area contributed by atoms with E-state index in [1.54, 1.807) is 18.3 Å². The average molecular weight is 544 g/mol. The van der Waals surface area contributed by atoms with Crippen molar-refractivity contribution in [1.29, 1.82) is 5.26 Å². The predicted molar refractivity (Wildman–Crippen MR) is 151 cm³/mol. The number of piperidine rings is 1. The molecule has 1 saturated heterocycles. The topological polar surface area (TPSA) is 99.6 Å². The molecule has 8 heteroatoms. The second-order valence-electron chi connectivity index (χ2n) is 10.3. The maximum Gasteiger partial charge on any atom is 0.253 e. The zero-order valence-electron chi connectivity index (χ0n) is 21.8. The average Bonchev–Trinajstić information content (AvgIpc) is 3.44. The van der Waals surface area contributed by atoms with Gasteiger partial charge in [-0.2, -0.15) is 5.26 Å². The zero-order chi connectivity index (χ0) is 27.4. The summed E-state index contributed by atoms with van der Waals surface area (Å²) in [6.07, 6.45) is 5.00. The number of rotatable bonds is 8. The van der Waals surface area contributed by atoms with Gasteiger partial charge in [0.15, 0.2) is 5.58 Å². The van der Waals surface area contributed by atoms with E-state index in [9.17, 15) is 15.2 Å². The molecule has 1 fully saturated rings. The summed E-state index contributed by atoms with van der Waals surface area (Å²) >= 11 is 5.97. The van der Waals surface area contributed by atoms with Gasteiger partial charge in [0.05, 0.1) is 18.8 Å². The van der Waals surface area contributed by atoms with Crippen molar-refractivity contribution >= 4 is 28.6 Å². The molecular formula is C31H30ClN3O4. The number of halogens is 1. The van der Waals surface area contributed by atoms with Crippen LogP contribution >= 0.6 is 11.6 Å². The van der Waals surface area contributed by atoms with Crippen molar-refractivity contribution in [2.45, 2.75) is 26.2 Å². The first-order valence-electron chi connectivity index (χ1n) is 13.1. The fraction of sp³-hybridized carbons (Fsp3) is 0.323. The van der Waals surface area contributed by atoms with Crippen LogP contribution in [0.5, 0.6) is 5.75 Å². The number of benzene rings is 2. The number of likely N-dealkylation sites (tertiary alicyclic amines) is 1. The van der Waals surface area contributed by atoms with E-state index >= 15 is 0 Å². The molecule has 2 aromatic carbocycles. The van der Waals surface area contributed by atoms with E-state index in [0.717, 1.165) is 42.6 Å². The molecular weight excluding hydrogens is 514 g/mol. The Kier molecular flexibility index (Phi) is 7.87. The molecule has 200 valence electrons. The SMILES string of the molecule is CC(CO)(CCl)COc1ccc(-c2ccnc3cc(-c4ccc(C(=O)N5CCCCC5)cc4)oc23)cc1C#N. The third-order valence-corrected chi connectivity index (χ3v) is 7.81. The van der Waals surface area contributed by atoms with Crippen LogP contribution in [0, 0.1) is 16.7 Å². The monoisotopic (exact) mass is 543 g/mol. The fourth-order valence-corrected chi connectivity index (χ4v) is 4.82. The number of ether oxygens (including phenoxy) is 1. The molecule has 1 atom stereocenters. The fourth-order valence-electron chi connectivity index (χ4n) is 4.65. The van der Waals surface area contributed by atoms with Crippen LogP contribution in [0.1, 0.15) is 42.1 Å². The highest BCUT2D eigenvalue weighted by molar-refractivity contribution is 6.18. The van der Waals surface area contributed by atoms with E-state index in [4.69, 9.17) is 20.8 Å². The van der Waals surface area contributed by atoms with Gasteiger partial charge in [-0.15, -0.1) is 11.6 Å². The highest BCUT2D eigenvalue weighted by Gasteiger charge is 2.24. The number of aliphatic hydroxyl groups is 1. The summed E-state index contributed by atoms with van der Waals surface area (Å²) < 4.78 is 12.1. The van der Waals surface area contributed by atoms with Gasteiger partial charge in [-0.3, -0.25) is 9.78 Å². The van der Waals surface area contributed by atoms with Crippen molar-refractivity contribution in [3.8, 4) is 34.3 Å². The number of fused-ring (bicyclic) bond motifs is 1. The van der Waals surface area contributed by atoms with Gasteiger partial charge in [-0.1, -0.05) is 25.1 Å². The van der Waals surface area contributed by atoms with Gasteiger partial charge < -0.3 is 19.2 Å². The van der Waals surface area contributed by atoms with Crippen LogP contribution in [-0.2, 0) is 0 Å². The predicted octanol–water partition coefficient (Wildman–Crippen LogP) is 6.28. The third kappa shape index (κ3) is 5.63. The molecule has 4 aromatic rings. The Morgan fingerprint density at radius 2 is 1.87 bits per heavy atom. The van der Waals surface area contributed by atoms with Crippen LogP contribution in [0.15, 0.2) is 65.2 Å². The molecule has 1 amide bonds. The van der Waals surface area contributed by atoms with Crippen molar-refractivity contribution < 1.29 is 19.1 Å². The molecule has 5 rings (SSSR count). The summed E-state index contributed by atoms with van der Waals surface area (Å²) in [7, 11) is 0. The Morgan fingerprint density at radius 1 is 1.13 bits per heavy atom. The Morgan fingerprint density at radius 3 is 2.56 bits per heavy atom. The van der Waals surface area contributed by atoms with E-state index < -0.39 is 5.41 Å². The van der Waals surface area contributed by atoms with Gasteiger partial charge in [0, 0.05) is 53.3 Å². The molecule has 0 radical (unpaired) electrons. The smallest absolute Gasteiger partial charge is 0.253 e. The number of nitrogens with zero attached hydrogens (tertiary/aromatic N) is 3. The Labute approximate surface area is 232 Å². The summed E-state index contributed by atoms with van der Waals surface area (Å²) in [5.74, 6) is 1.37. The number of aliphatic hydroxyl groups excluding tert-OH is 1. The molecule has 2 aromatic heterocycles. The molecule has 0 spiro atoms. The van der Waals surface area contributed by atoms with Gasteiger partial charge in [0.2, 0.25) is 0 Å². The molecule has 0 aliphatic carbocycles. The molecule has 1 N–H and O–H groups in total. The zero-order valence-corrected chi connectivity index (χ0v) is 22.6. The van der Waals surface area contributed by atoms with Crippen molar-refractivity contribution in [1.82, 2.24) is 9.88 Å². The third-order valence-electron chi connectivity index (χ3n) is 7.16. The molecule has 1 aliphatic rings. The lowest BCUT2D eigenvalue weighted by molar-refractivity contribution is 0.0724. The molecule has 0 saturated carbocycles. The lowest BCUT2D eigenvalue weighted by Crippen LogP contribution is -2.35. The summed E-state index contributed by atoms with van der Waals surface area (Å²) in [6.45, 7) is 3.51. The standard InChI is InChI=1S/C31H30ClN3O4/c1-31(18-32,19-36)20-38-27-10-9-23(15-24(27)17-33)25-11-12-34-26-16-28(39-29(25)26)21-5-7-22(8-6-21)30(37)35-13-3-2-4-14-35/h5-12,15-16,36H,2-4,13-14,18-20H2,1H3. The van der Waals surface area contributed by atoms with Gasteiger partial charge >= 0.3 is 0 Å². The van der Waals surface area contributed by atoms with Crippen molar-refractivity contribution in [3.05, 3.63) is 71.9 Å². The lowest BCUT2D eigenvalue weighted by atomic mass is 9.96. The van der Waals surface area contributed by atoms with E-state index in [1.165, 1.54) is 6.42 Å². The molecule has 3 heterocycles. The van der Waals surface area contributed by atoms with E-state index in [2.05, 4.69) is 11.1 Å². The van der Waals surface area contributed by atoms with Crippen LogP contribution in [0.4, 0.5) is 0 Å². The molecule has 1 unspecified atom stereocenters. The summed E-state index contributed by atoms with van der Waals surface area (Å²) in [5, 5.41) is 19.4. The highest BCUT2D eigenvalue weighted by Crippen LogP contribution is 2.35. The van der Waals surface area contributed by atoms with Gasteiger partial charge in [0.1, 0.15) is 23.1 Å². The lowest BCUT2D eigenvalue weighted by Gasteiger charge is -2.26.